The van der Waals surface area contributed by atoms with Gasteiger partial charge in [-0.2, -0.15) is 0 Å². The van der Waals surface area contributed by atoms with Gasteiger partial charge in [0.1, 0.15) is 5.75 Å². The van der Waals surface area contributed by atoms with E-state index in [0.717, 1.165) is 6.42 Å². The molecule has 0 bridgehead atoms. The van der Waals surface area contributed by atoms with Crippen LogP contribution in [0.4, 0.5) is 4.79 Å². The Bertz CT molecular complexity index is 381. The van der Waals surface area contributed by atoms with E-state index in [0.29, 0.717) is 30.7 Å². The van der Waals surface area contributed by atoms with Gasteiger partial charge in [-0.25, -0.2) is 4.79 Å². The van der Waals surface area contributed by atoms with E-state index in [1.807, 2.05) is 18.2 Å². The van der Waals surface area contributed by atoms with Gasteiger partial charge >= 0.3 is 6.09 Å². The van der Waals surface area contributed by atoms with Gasteiger partial charge in [0.05, 0.1) is 0 Å². The van der Waals surface area contributed by atoms with Crippen LogP contribution in [0, 0.1) is 11.8 Å². The maximum atomic E-state index is 11.6. The van der Waals surface area contributed by atoms with Crippen LogP contribution >= 0.6 is 0 Å². The summed E-state index contributed by atoms with van der Waals surface area (Å²) in [7, 11) is 0. The number of nitrogens with two attached hydrogens (primary N) is 1. The van der Waals surface area contributed by atoms with Gasteiger partial charge in [-0.3, -0.25) is 0 Å². The van der Waals surface area contributed by atoms with E-state index in [2.05, 4.69) is 5.32 Å². The van der Waals surface area contributed by atoms with Crippen LogP contribution in [0.2, 0.25) is 0 Å². The number of hydrogen-bond donors (Lipinski definition) is 2. The van der Waals surface area contributed by atoms with Crippen molar-refractivity contribution in [3.8, 4) is 5.75 Å². The van der Waals surface area contributed by atoms with Gasteiger partial charge in [0, 0.05) is 6.54 Å². The normalized spacial score (nSPS) is 22.7. The minimum absolute atomic E-state index is 0.385. The SMILES string of the molecule is NCC1CCCC1CNC(=O)Oc1ccccc1. The molecule has 1 aromatic rings. The van der Waals surface area contributed by atoms with Crippen LogP contribution in [0.5, 0.6) is 5.75 Å². The van der Waals surface area contributed by atoms with Crippen molar-refractivity contribution < 1.29 is 9.53 Å². The van der Waals surface area contributed by atoms with E-state index < -0.39 is 0 Å². The zero-order valence-electron chi connectivity index (χ0n) is 10.5. The van der Waals surface area contributed by atoms with Gasteiger partial charge in [0.15, 0.2) is 0 Å². The minimum atomic E-state index is -0.385. The number of rotatable bonds is 4. The van der Waals surface area contributed by atoms with E-state index in [1.54, 1.807) is 12.1 Å². The molecule has 4 heteroatoms. The lowest BCUT2D eigenvalue weighted by Gasteiger charge is -2.17. The van der Waals surface area contributed by atoms with Crippen molar-refractivity contribution in [3.63, 3.8) is 0 Å². The molecule has 0 aromatic heterocycles. The summed E-state index contributed by atoms with van der Waals surface area (Å²) in [6.07, 6.45) is 3.15. The standard InChI is InChI=1S/C14H20N2O2/c15-9-11-5-4-6-12(11)10-16-14(17)18-13-7-2-1-3-8-13/h1-3,7-8,11-12H,4-6,9-10,15H2,(H,16,17). The third-order valence-electron chi connectivity index (χ3n) is 3.58. The highest BCUT2D eigenvalue weighted by atomic mass is 16.5. The average molecular weight is 248 g/mol. The molecule has 1 aliphatic carbocycles. The lowest BCUT2D eigenvalue weighted by molar-refractivity contribution is 0.197. The number of benzene rings is 1. The predicted molar refractivity (Wildman–Crippen MR) is 70.4 cm³/mol. The van der Waals surface area contributed by atoms with E-state index in [-0.39, 0.29) is 6.09 Å². The fraction of sp³-hybridized carbons (Fsp3) is 0.500. The van der Waals surface area contributed by atoms with Gasteiger partial charge < -0.3 is 15.8 Å². The molecule has 0 spiro atoms. The van der Waals surface area contributed by atoms with E-state index in [4.69, 9.17) is 10.5 Å². The Hall–Kier alpha value is -1.55. The Morgan fingerprint density at radius 1 is 1.28 bits per heavy atom. The molecule has 0 heterocycles. The Morgan fingerprint density at radius 3 is 2.72 bits per heavy atom. The summed E-state index contributed by atoms with van der Waals surface area (Å²) >= 11 is 0. The van der Waals surface area contributed by atoms with Crippen molar-refractivity contribution in [3.05, 3.63) is 30.3 Å². The highest BCUT2D eigenvalue weighted by Crippen LogP contribution is 2.30. The summed E-state index contributed by atoms with van der Waals surface area (Å²) in [6.45, 7) is 1.37. The first-order valence-corrected chi connectivity index (χ1v) is 6.50. The number of carbonyl (C=O) groups is 1. The van der Waals surface area contributed by atoms with Crippen LogP contribution < -0.4 is 15.8 Å². The van der Waals surface area contributed by atoms with Crippen LogP contribution in [0.25, 0.3) is 0 Å². The molecule has 18 heavy (non-hydrogen) atoms. The zero-order chi connectivity index (χ0) is 12.8. The number of hydrogen-bond acceptors (Lipinski definition) is 3. The molecule has 1 saturated carbocycles. The summed E-state index contributed by atoms with van der Waals surface area (Å²) in [4.78, 5) is 11.6. The first-order chi connectivity index (χ1) is 8.79. The molecule has 1 amide bonds. The second-order valence-corrected chi connectivity index (χ2v) is 4.77. The molecule has 1 aliphatic rings. The molecular weight excluding hydrogens is 228 g/mol. The maximum Gasteiger partial charge on any atom is 0.412 e. The third-order valence-corrected chi connectivity index (χ3v) is 3.58. The zero-order valence-corrected chi connectivity index (χ0v) is 10.5. The summed E-state index contributed by atoms with van der Waals surface area (Å²) < 4.78 is 5.16. The second-order valence-electron chi connectivity index (χ2n) is 4.77. The Morgan fingerprint density at radius 2 is 2.00 bits per heavy atom. The van der Waals surface area contributed by atoms with Gasteiger partial charge in [-0.15, -0.1) is 0 Å². The molecule has 0 aliphatic heterocycles. The third kappa shape index (κ3) is 3.47. The lowest BCUT2D eigenvalue weighted by atomic mass is 9.96. The maximum absolute atomic E-state index is 11.6. The molecule has 2 rings (SSSR count). The topological polar surface area (TPSA) is 64.3 Å². The monoisotopic (exact) mass is 248 g/mol. The Labute approximate surface area is 108 Å². The van der Waals surface area contributed by atoms with Crippen LogP contribution in [0.15, 0.2) is 30.3 Å². The molecule has 4 nitrogen and oxygen atoms in total. The Balaban J connectivity index is 1.75. The van der Waals surface area contributed by atoms with Crippen LogP contribution in [-0.2, 0) is 0 Å². The molecule has 1 aromatic carbocycles. The van der Waals surface area contributed by atoms with Crippen molar-refractivity contribution in [1.82, 2.24) is 5.32 Å². The number of amides is 1. The molecule has 0 radical (unpaired) electrons. The van der Waals surface area contributed by atoms with Crippen molar-refractivity contribution >= 4 is 6.09 Å². The highest BCUT2D eigenvalue weighted by molar-refractivity contribution is 5.70. The fourth-order valence-electron chi connectivity index (χ4n) is 2.54. The smallest absolute Gasteiger partial charge is 0.410 e. The predicted octanol–water partition coefficient (Wildman–Crippen LogP) is 2.15. The number of nitrogens with one attached hydrogen (secondary N) is 1. The van der Waals surface area contributed by atoms with Crippen LogP contribution in [-0.4, -0.2) is 19.2 Å². The molecular formula is C14H20N2O2. The van der Waals surface area contributed by atoms with Gasteiger partial charge in [0.2, 0.25) is 0 Å². The molecule has 0 saturated heterocycles. The summed E-state index contributed by atoms with van der Waals surface area (Å²) in [5.74, 6) is 1.61. The number of para-hydroxylation sites is 1. The molecule has 98 valence electrons. The first kappa shape index (κ1) is 12.9. The molecule has 2 unspecified atom stereocenters. The van der Waals surface area contributed by atoms with Gasteiger partial charge in [-0.1, -0.05) is 24.6 Å². The summed E-state index contributed by atoms with van der Waals surface area (Å²) in [6, 6.07) is 9.08. The van der Waals surface area contributed by atoms with E-state index in [1.165, 1.54) is 12.8 Å². The minimum Gasteiger partial charge on any atom is -0.410 e. The summed E-state index contributed by atoms with van der Waals surface area (Å²) in [5.41, 5.74) is 5.71. The van der Waals surface area contributed by atoms with Crippen molar-refractivity contribution in [2.75, 3.05) is 13.1 Å². The Kier molecular flexibility index (Phi) is 4.59. The number of ether oxygens (including phenoxy) is 1. The molecule has 2 atom stereocenters. The van der Waals surface area contributed by atoms with Gasteiger partial charge in [0.25, 0.3) is 0 Å². The summed E-state index contributed by atoms with van der Waals surface area (Å²) in [5, 5.41) is 2.82. The largest absolute Gasteiger partial charge is 0.412 e. The molecule has 1 fully saturated rings. The van der Waals surface area contributed by atoms with E-state index >= 15 is 0 Å². The van der Waals surface area contributed by atoms with Crippen LogP contribution in [0.3, 0.4) is 0 Å². The molecule has 3 N–H and O–H groups in total. The van der Waals surface area contributed by atoms with Crippen molar-refractivity contribution in [2.45, 2.75) is 19.3 Å². The fourth-order valence-corrected chi connectivity index (χ4v) is 2.54. The van der Waals surface area contributed by atoms with E-state index in [9.17, 15) is 4.79 Å². The lowest BCUT2D eigenvalue weighted by Crippen LogP contribution is -2.34. The quantitative estimate of drug-likeness (QED) is 0.858. The van der Waals surface area contributed by atoms with Crippen molar-refractivity contribution in [2.24, 2.45) is 17.6 Å². The highest BCUT2D eigenvalue weighted by Gasteiger charge is 2.26. The number of carbonyl (C=O) groups excluding carboxylic acids is 1. The average Bonchev–Trinajstić information content (AvgIpc) is 2.85. The first-order valence-electron chi connectivity index (χ1n) is 6.50. The van der Waals surface area contributed by atoms with Crippen molar-refractivity contribution in [1.29, 1.82) is 0 Å². The van der Waals surface area contributed by atoms with Crippen LogP contribution in [0.1, 0.15) is 19.3 Å². The second kappa shape index (κ2) is 6.40. The van der Waals surface area contributed by atoms with Gasteiger partial charge in [-0.05, 0) is 43.4 Å².